The van der Waals surface area contributed by atoms with Crippen LogP contribution in [-0.2, 0) is 61.9 Å². The van der Waals surface area contributed by atoms with Crippen molar-refractivity contribution in [2.24, 2.45) is 0 Å². The number of rotatable bonds is 51. The van der Waals surface area contributed by atoms with Gasteiger partial charge in [-0.05, 0) is 161 Å². The first-order valence-electron chi connectivity index (χ1n) is 31.1. The molecule has 0 aromatic heterocycles. The Morgan fingerprint density at radius 1 is 0.250 bits per heavy atom. The Balaban J connectivity index is 1.69. The summed E-state index contributed by atoms with van der Waals surface area (Å²) in [5.41, 5.74) is 4.58. The Morgan fingerprint density at radius 2 is 0.434 bits per heavy atom. The van der Waals surface area contributed by atoms with E-state index in [0.29, 0.717) is 59.5 Å². The summed E-state index contributed by atoms with van der Waals surface area (Å²) < 4.78 is 53.8. The van der Waals surface area contributed by atoms with E-state index in [-0.39, 0.29) is 0 Å². The van der Waals surface area contributed by atoms with Crippen LogP contribution in [0.4, 0.5) is 0 Å². The molecule has 0 saturated carbocycles. The van der Waals surface area contributed by atoms with Gasteiger partial charge in [-0.1, -0.05) is 169 Å². The zero-order valence-corrected chi connectivity index (χ0v) is 50.9. The van der Waals surface area contributed by atoms with E-state index in [1.807, 2.05) is 62.3 Å². The lowest BCUT2D eigenvalue weighted by atomic mass is 10.0. The molecule has 0 atom stereocenters. The van der Waals surface area contributed by atoms with Gasteiger partial charge in [0.05, 0.1) is 0 Å². The summed E-state index contributed by atoms with van der Waals surface area (Å²) in [6.45, 7) is 23.3. The highest BCUT2D eigenvalue weighted by atomic mass is 31.1. The Kier molecular flexibility index (Phi) is 38.1. The molecule has 3 aromatic carbocycles. The molecule has 0 spiro atoms. The molecule has 76 heavy (non-hydrogen) atoms. The maximum atomic E-state index is 5.97. The van der Waals surface area contributed by atoms with Crippen molar-refractivity contribution in [3.63, 3.8) is 0 Å². The van der Waals surface area contributed by atoms with Crippen molar-refractivity contribution in [1.82, 2.24) is 0 Å². The molecule has 0 aliphatic rings. The third-order valence-corrected chi connectivity index (χ3v) is 17.0. The van der Waals surface area contributed by atoms with E-state index < -0.39 is 25.8 Å². The number of unbranched alkanes of at least 4 members (excludes halogenated alkanes) is 18. The van der Waals surface area contributed by atoms with Gasteiger partial charge in [0.1, 0.15) is 0 Å². The predicted molar refractivity (Wildman–Crippen MR) is 320 cm³/mol. The van der Waals surface area contributed by atoms with Crippen LogP contribution in [-0.4, -0.2) is 77.4 Å². The minimum Gasteiger partial charge on any atom is -0.328 e. The molecular weight excluding hydrogens is 968 g/mol. The second kappa shape index (κ2) is 42.6. The SMILES string of the molecule is CCOC(CCCCCCCCCc1ccccc1P(c1ccccc1CCCCCCCCCC(OCC)(OCC)OCC)c1ccccc1CCCCCCCCCC(OCC)(OCC)OCC)(OCC)OCC. The van der Waals surface area contributed by atoms with E-state index in [1.165, 1.54) is 132 Å². The van der Waals surface area contributed by atoms with Gasteiger partial charge in [0.2, 0.25) is 0 Å². The number of ether oxygens (including phenoxy) is 9. The van der Waals surface area contributed by atoms with E-state index in [4.69, 9.17) is 42.6 Å². The lowest BCUT2D eigenvalue weighted by molar-refractivity contribution is -0.380. The van der Waals surface area contributed by atoms with Crippen molar-refractivity contribution in [3.05, 3.63) is 89.5 Å². The summed E-state index contributed by atoms with van der Waals surface area (Å²) in [4.78, 5) is 0. The fourth-order valence-electron chi connectivity index (χ4n) is 10.8. The van der Waals surface area contributed by atoms with E-state index in [2.05, 4.69) is 72.8 Å². The van der Waals surface area contributed by atoms with Crippen LogP contribution in [0.2, 0.25) is 0 Å². The van der Waals surface area contributed by atoms with Gasteiger partial charge >= 0.3 is 0 Å². The van der Waals surface area contributed by atoms with Crippen LogP contribution < -0.4 is 15.9 Å². The zero-order chi connectivity index (χ0) is 54.8. The zero-order valence-electron chi connectivity index (χ0n) is 50.0. The minimum atomic E-state index is -0.893. The lowest BCUT2D eigenvalue weighted by Crippen LogP contribution is -2.39. The molecular formula is C66H111O9P. The summed E-state index contributed by atoms with van der Waals surface area (Å²) in [5, 5.41) is 4.63. The smallest absolute Gasteiger partial charge is 0.282 e. The molecule has 0 heterocycles. The van der Waals surface area contributed by atoms with Crippen molar-refractivity contribution in [2.75, 3.05) is 59.5 Å². The van der Waals surface area contributed by atoms with Crippen LogP contribution >= 0.6 is 7.92 Å². The molecule has 0 bridgehead atoms. The molecule has 3 rings (SSSR count). The first kappa shape index (κ1) is 68.0. The average Bonchev–Trinajstić information content (AvgIpc) is 3.42. The molecule has 0 radical (unpaired) electrons. The van der Waals surface area contributed by atoms with Gasteiger partial charge in [0.25, 0.3) is 17.9 Å². The molecule has 10 heteroatoms. The second-order valence-electron chi connectivity index (χ2n) is 20.1. The van der Waals surface area contributed by atoms with E-state index in [0.717, 1.165) is 57.8 Å². The van der Waals surface area contributed by atoms with Crippen LogP contribution in [0, 0.1) is 0 Å². The highest BCUT2D eigenvalue weighted by Gasteiger charge is 2.34. The molecule has 9 nitrogen and oxygen atoms in total. The molecule has 0 fully saturated rings. The van der Waals surface area contributed by atoms with Crippen molar-refractivity contribution in [2.45, 2.75) is 254 Å². The second-order valence-corrected chi connectivity index (χ2v) is 22.2. The molecule has 0 aliphatic heterocycles. The van der Waals surface area contributed by atoms with Crippen LogP contribution in [0.1, 0.15) is 233 Å². The average molecular weight is 1080 g/mol. The first-order valence-corrected chi connectivity index (χ1v) is 32.4. The number of aryl methyl sites for hydroxylation is 3. The Hall–Kier alpha value is -2.27. The van der Waals surface area contributed by atoms with E-state index in [9.17, 15) is 0 Å². The maximum Gasteiger partial charge on any atom is 0.282 e. The quantitative estimate of drug-likeness (QED) is 0.0312. The molecule has 0 amide bonds. The van der Waals surface area contributed by atoms with Gasteiger partial charge in [-0.15, -0.1) is 0 Å². The van der Waals surface area contributed by atoms with Gasteiger partial charge in [-0.3, -0.25) is 0 Å². The van der Waals surface area contributed by atoms with Crippen LogP contribution in [0.15, 0.2) is 72.8 Å². The highest BCUT2D eigenvalue weighted by molar-refractivity contribution is 7.80. The van der Waals surface area contributed by atoms with Gasteiger partial charge in [0.15, 0.2) is 0 Å². The third kappa shape index (κ3) is 25.9. The van der Waals surface area contributed by atoms with Crippen LogP contribution in [0.3, 0.4) is 0 Å². The Bertz CT molecular complexity index is 1580. The van der Waals surface area contributed by atoms with Crippen LogP contribution in [0.5, 0.6) is 0 Å². The van der Waals surface area contributed by atoms with Crippen molar-refractivity contribution >= 4 is 23.8 Å². The topological polar surface area (TPSA) is 83.1 Å². The summed E-state index contributed by atoms with van der Waals surface area (Å²) in [7, 11) is -0.759. The van der Waals surface area contributed by atoms with Crippen LogP contribution in [0.25, 0.3) is 0 Å². The van der Waals surface area contributed by atoms with Gasteiger partial charge in [0, 0.05) is 78.7 Å². The summed E-state index contributed by atoms with van der Waals surface area (Å²) in [6, 6.07) is 28.5. The molecule has 0 aliphatic carbocycles. The largest absolute Gasteiger partial charge is 0.328 e. The van der Waals surface area contributed by atoms with Crippen molar-refractivity contribution in [3.8, 4) is 0 Å². The predicted octanol–water partition coefficient (Wildman–Crippen LogP) is 16.7. The van der Waals surface area contributed by atoms with Gasteiger partial charge in [-0.25, -0.2) is 0 Å². The van der Waals surface area contributed by atoms with E-state index >= 15 is 0 Å². The minimum absolute atomic E-state index is 0.583. The standard InChI is InChI=1S/C66H111O9P/c1-10-67-64(68-11-2,69-12-3)55-43-31-25-19-22-28-34-46-58-49-37-40-52-61(58)76(62-53-41-38-50-59(62)47-35-29-23-20-26-32-44-56-65(70-13-4,71-14-5)72-15-6)63-54-42-39-51-60(63)48-36-30-24-21-27-33-45-57-66(73-16-7,74-17-8)75-18-9/h37-42,49-54H,10-36,43-48,55-57H2,1-9H3. The number of hydrogen-bond donors (Lipinski definition) is 0. The normalized spacial score (nSPS) is 12.4. The molecule has 434 valence electrons. The molecule has 0 unspecified atom stereocenters. The number of hydrogen-bond acceptors (Lipinski definition) is 9. The van der Waals surface area contributed by atoms with Crippen molar-refractivity contribution in [1.29, 1.82) is 0 Å². The fraction of sp³-hybridized carbons (Fsp3) is 0.727. The lowest BCUT2D eigenvalue weighted by Gasteiger charge is -2.32. The molecule has 0 saturated heterocycles. The Labute approximate surface area is 467 Å². The Morgan fingerprint density at radius 3 is 0.645 bits per heavy atom. The van der Waals surface area contributed by atoms with Gasteiger partial charge < -0.3 is 42.6 Å². The highest BCUT2D eigenvalue weighted by Crippen LogP contribution is 2.38. The van der Waals surface area contributed by atoms with Crippen molar-refractivity contribution < 1.29 is 42.6 Å². The summed E-state index contributed by atoms with van der Waals surface area (Å²) in [6.07, 6.45) is 31.0. The molecule has 0 N–H and O–H groups in total. The fourth-order valence-corrected chi connectivity index (χ4v) is 13.7. The van der Waals surface area contributed by atoms with Gasteiger partial charge in [-0.2, -0.15) is 0 Å². The molecule has 3 aromatic rings. The third-order valence-electron chi connectivity index (χ3n) is 14.3. The first-order chi connectivity index (χ1) is 37.3. The van der Waals surface area contributed by atoms with E-state index in [1.54, 1.807) is 15.9 Å². The monoisotopic (exact) mass is 1080 g/mol. The maximum absolute atomic E-state index is 5.97. The number of benzene rings is 3. The summed E-state index contributed by atoms with van der Waals surface area (Å²) >= 11 is 0. The summed E-state index contributed by atoms with van der Waals surface area (Å²) in [5.74, 6) is -2.68.